The van der Waals surface area contributed by atoms with Gasteiger partial charge >= 0.3 is 0 Å². The van der Waals surface area contributed by atoms with Crippen LogP contribution >= 0.6 is 0 Å². The molecule has 3 aliphatic rings. The van der Waals surface area contributed by atoms with Crippen LogP contribution in [0.15, 0.2) is 77.4 Å². The number of fused-ring (bicyclic) bond motifs is 1. The van der Waals surface area contributed by atoms with Crippen molar-refractivity contribution in [1.29, 1.82) is 0 Å². The monoisotopic (exact) mass is 582 g/mol. The number of hydrazone groups is 1. The first kappa shape index (κ1) is 28.4. The summed E-state index contributed by atoms with van der Waals surface area (Å²) in [5.41, 5.74) is 4.26. The highest BCUT2D eigenvalue weighted by molar-refractivity contribution is 6.09. The van der Waals surface area contributed by atoms with Gasteiger partial charge in [-0.1, -0.05) is 36.4 Å². The molecule has 10 heteroatoms. The van der Waals surface area contributed by atoms with Gasteiger partial charge in [-0.15, -0.1) is 0 Å². The van der Waals surface area contributed by atoms with Crippen molar-refractivity contribution in [3.05, 3.63) is 99.1 Å². The molecule has 2 aliphatic heterocycles. The molecule has 1 saturated carbocycles. The minimum absolute atomic E-state index is 0.0717. The van der Waals surface area contributed by atoms with E-state index in [9.17, 15) is 14.9 Å². The lowest BCUT2D eigenvalue weighted by Crippen LogP contribution is -2.36. The van der Waals surface area contributed by atoms with E-state index in [2.05, 4.69) is 6.08 Å². The molecule has 1 aliphatic carbocycles. The number of hydrogen-bond acceptors (Lipinski definition) is 8. The average molecular weight is 583 g/mol. The fourth-order valence-electron chi connectivity index (χ4n) is 6.37. The third-order valence-electron chi connectivity index (χ3n) is 8.41. The molecule has 0 radical (unpaired) electrons. The quantitative estimate of drug-likeness (QED) is 0.253. The van der Waals surface area contributed by atoms with Crippen molar-refractivity contribution in [3.8, 4) is 11.5 Å². The molecule has 0 aromatic heterocycles. The zero-order chi connectivity index (χ0) is 29.9. The average Bonchev–Trinajstić information content (AvgIpc) is 3.45. The zero-order valence-electron chi connectivity index (χ0n) is 24.3. The molecule has 0 spiro atoms. The van der Waals surface area contributed by atoms with Crippen LogP contribution in [0.25, 0.3) is 6.08 Å². The number of methoxy groups -OCH3 is 2. The van der Waals surface area contributed by atoms with Crippen LogP contribution in [0.5, 0.6) is 11.5 Å². The molecule has 10 nitrogen and oxygen atoms in total. The Morgan fingerprint density at radius 3 is 2.49 bits per heavy atom. The second kappa shape index (κ2) is 12.3. The Morgan fingerprint density at radius 2 is 1.74 bits per heavy atom. The predicted octanol–water partition coefficient (Wildman–Crippen LogP) is 5.89. The van der Waals surface area contributed by atoms with E-state index in [1.54, 1.807) is 26.4 Å². The maximum absolute atomic E-state index is 14.3. The second-order valence-corrected chi connectivity index (χ2v) is 10.8. The lowest BCUT2D eigenvalue weighted by atomic mass is 9.77. The topological polar surface area (TPSA) is 107 Å². The van der Waals surface area contributed by atoms with Crippen molar-refractivity contribution in [2.24, 2.45) is 11.0 Å². The number of benzene rings is 3. The summed E-state index contributed by atoms with van der Waals surface area (Å²) in [4.78, 5) is 27.9. The third kappa shape index (κ3) is 5.46. The van der Waals surface area contributed by atoms with E-state index in [1.165, 1.54) is 11.1 Å². The third-order valence-corrected chi connectivity index (χ3v) is 8.41. The highest BCUT2D eigenvalue weighted by atomic mass is 16.6. The summed E-state index contributed by atoms with van der Waals surface area (Å²) in [5.74, 6) is 0.956. The van der Waals surface area contributed by atoms with Crippen molar-refractivity contribution in [1.82, 2.24) is 5.01 Å². The normalized spacial score (nSPS) is 20.9. The number of carbonyl (C=O) groups is 1. The van der Waals surface area contributed by atoms with E-state index in [1.807, 2.05) is 53.4 Å². The van der Waals surface area contributed by atoms with Crippen LogP contribution in [0.3, 0.4) is 0 Å². The number of anilines is 1. The molecule has 222 valence electrons. The molecule has 1 amide bonds. The molecule has 2 heterocycles. The van der Waals surface area contributed by atoms with Gasteiger partial charge in [0.15, 0.2) is 0 Å². The summed E-state index contributed by atoms with van der Waals surface area (Å²) >= 11 is 0. The zero-order valence-corrected chi connectivity index (χ0v) is 24.3. The summed E-state index contributed by atoms with van der Waals surface area (Å²) in [5, 5.41) is 18.6. The number of nitrogens with zero attached hydrogens (tertiary/aromatic N) is 4. The molecule has 6 rings (SSSR count). The highest BCUT2D eigenvalue weighted by Crippen LogP contribution is 2.47. The van der Waals surface area contributed by atoms with Crippen molar-refractivity contribution >= 4 is 29.1 Å². The number of rotatable bonds is 7. The molecule has 1 saturated heterocycles. The van der Waals surface area contributed by atoms with Gasteiger partial charge in [-0.05, 0) is 55.2 Å². The van der Waals surface area contributed by atoms with Gasteiger partial charge in [0.05, 0.1) is 44.1 Å². The van der Waals surface area contributed by atoms with Crippen molar-refractivity contribution < 1.29 is 23.9 Å². The Morgan fingerprint density at radius 1 is 1.02 bits per heavy atom. The number of allylic oxidation sites excluding steroid dienone is 1. The van der Waals surface area contributed by atoms with E-state index >= 15 is 0 Å². The first-order valence-electron chi connectivity index (χ1n) is 14.5. The summed E-state index contributed by atoms with van der Waals surface area (Å²) in [7, 11) is 3.26. The molecule has 0 N–H and O–H groups in total. The molecule has 3 aromatic rings. The summed E-state index contributed by atoms with van der Waals surface area (Å²) < 4.78 is 16.7. The SMILES string of the molecule is COc1ccccc1/C=C1\CCC[C@@H]2C1=NN(C(=O)c1ccc(N3CCOCC3)c([N+](=O)[O-])c1)[C@H]2c1ccccc1OC. The molecule has 0 bridgehead atoms. The van der Waals surface area contributed by atoms with E-state index < -0.39 is 16.9 Å². The van der Waals surface area contributed by atoms with E-state index in [-0.39, 0.29) is 17.2 Å². The molecular weight excluding hydrogens is 548 g/mol. The maximum Gasteiger partial charge on any atom is 0.293 e. The minimum atomic E-state index is -0.432. The smallest absolute Gasteiger partial charge is 0.293 e. The van der Waals surface area contributed by atoms with Crippen LogP contribution < -0.4 is 14.4 Å². The largest absolute Gasteiger partial charge is 0.496 e. The van der Waals surface area contributed by atoms with Crippen LogP contribution in [0.2, 0.25) is 0 Å². The fourth-order valence-corrected chi connectivity index (χ4v) is 6.37. The van der Waals surface area contributed by atoms with Gasteiger partial charge in [0.1, 0.15) is 17.2 Å². The number of carbonyl (C=O) groups excluding carboxylic acids is 1. The standard InChI is InChI=1S/C33H34N4O6/c1-41-29-12-5-3-8-22(29)20-23-9-7-11-26-31(23)34-36(32(26)25-10-4-6-13-30(25)42-2)33(38)24-14-15-27(28(21-24)37(39)40)35-16-18-43-19-17-35/h3-6,8,10,12-15,20-21,26,32H,7,9,11,16-19H2,1-2H3/b23-20+/t26-,32+/m1/s1. The van der Waals surface area contributed by atoms with E-state index in [0.29, 0.717) is 37.7 Å². The minimum Gasteiger partial charge on any atom is -0.496 e. The van der Waals surface area contributed by atoms with Gasteiger partial charge in [0.2, 0.25) is 0 Å². The fraction of sp³-hybridized carbons (Fsp3) is 0.333. The molecule has 2 atom stereocenters. The van der Waals surface area contributed by atoms with Crippen LogP contribution in [0.1, 0.15) is 46.8 Å². The maximum atomic E-state index is 14.3. The number of amides is 1. The number of hydrogen-bond donors (Lipinski definition) is 0. The molecular formula is C33H34N4O6. The number of nitro groups is 1. The number of para-hydroxylation sites is 2. The second-order valence-electron chi connectivity index (χ2n) is 10.8. The summed E-state index contributed by atoms with van der Waals surface area (Å²) in [6.07, 6.45) is 4.68. The number of nitro benzene ring substituents is 1. The molecule has 3 aromatic carbocycles. The van der Waals surface area contributed by atoms with Gasteiger partial charge in [-0.2, -0.15) is 5.10 Å². The predicted molar refractivity (Wildman–Crippen MR) is 164 cm³/mol. The van der Waals surface area contributed by atoms with Gasteiger partial charge in [-0.3, -0.25) is 14.9 Å². The van der Waals surface area contributed by atoms with Crippen LogP contribution in [-0.2, 0) is 4.74 Å². The van der Waals surface area contributed by atoms with Crippen molar-refractivity contribution in [3.63, 3.8) is 0 Å². The Bertz CT molecular complexity index is 1600. The van der Waals surface area contributed by atoms with Gasteiger partial charge in [0, 0.05) is 41.8 Å². The molecule has 43 heavy (non-hydrogen) atoms. The lowest BCUT2D eigenvalue weighted by molar-refractivity contribution is -0.384. The van der Waals surface area contributed by atoms with Gasteiger partial charge < -0.3 is 19.1 Å². The Balaban J connectivity index is 1.43. The van der Waals surface area contributed by atoms with Crippen LogP contribution in [0.4, 0.5) is 11.4 Å². The Kier molecular flexibility index (Phi) is 8.11. The molecule has 0 unspecified atom stereocenters. The van der Waals surface area contributed by atoms with E-state index in [0.717, 1.165) is 47.4 Å². The lowest BCUT2D eigenvalue weighted by Gasteiger charge is -2.31. The summed E-state index contributed by atoms with van der Waals surface area (Å²) in [6, 6.07) is 19.7. The number of ether oxygens (including phenoxy) is 3. The number of morpholine rings is 1. The first-order valence-corrected chi connectivity index (χ1v) is 14.5. The molecule has 2 fully saturated rings. The van der Waals surface area contributed by atoms with Crippen molar-refractivity contribution in [2.75, 3.05) is 45.4 Å². The van der Waals surface area contributed by atoms with Crippen LogP contribution in [0, 0.1) is 16.0 Å². The summed E-state index contributed by atoms with van der Waals surface area (Å²) in [6.45, 7) is 2.09. The highest BCUT2D eigenvalue weighted by Gasteiger charge is 2.45. The van der Waals surface area contributed by atoms with Gasteiger partial charge in [-0.25, -0.2) is 5.01 Å². The first-order chi connectivity index (χ1) is 21.0. The van der Waals surface area contributed by atoms with Gasteiger partial charge in [0.25, 0.3) is 11.6 Å². The Labute approximate surface area is 250 Å². The van der Waals surface area contributed by atoms with Crippen LogP contribution in [-0.4, -0.2) is 62.1 Å². The Hall–Kier alpha value is -4.70. The van der Waals surface area contributed by atoms with E-state index in [4.69, 9.17) is 19.3 Å². The van der Waals surface area contributed by atoms with Crippen molar-refractivity contribution in [2.45, 2.75) is 25.3 Å².